The zero-order valence-corrected chi connectivity index (χ0v) is 12.0. The molecule has 4 heteroatoms. The van der Waals surface area contributed by atoms with Crippen LogP contribution in [0.4, 0.5) is 0 Å². The second-order valence-corrected chi connectivity index (χ2v) is 5.36. The van der Waals surface area contributed by atoms with Crippen LogP contribution in [0.15, 0.2) is 54.6 Å². The van der Waals surface area contributed by atoms with Crippen LogP contribution in [-0.4, -0.2) is 15.6 Å². The molecule has 0 aliphatic rings. The Morgan fingerprint density at radius 3 is 2.52 bits per heavy atom. The van der Waals surface area contributed by atoms with Crippen LogP contribution < -0.4 is 0 Å². The van der Waals surface area contributed by atoms with Crippen LogP contribution in [0.5, 0.6) is 0 Å². The van der Waals surface area contributed by atoms with Gasteiger partial charge in [-0.15, -0.1) is 0 Å². The fourth-order valence-corrected chi connectivity index (χ4v) is 2.65. The van der Waals surface area contributed by atoms with E-state index in [1.807, 2.05) is 53.1 Å². The van der Waals surface area contributed by atoms with E-state index < -0.39 is 5.97 Å². The minimum absolute atomic E-state index is 0.324. The largest absolute Gasteiger partial charge is 0.477 e. The Bertz CT molecular complexity index is 790. The summed E-state index contributed by atoms with van der Waals surface area (Å²) in [5, 5.41) is 11.0. The van der Waals surface area contributed by atoms with Crippen molar-refractivity contribution in [3.63, 3.8) is 0 Å². The Hall–Kier alpha value is -2.26. The number of carbonyl (C=O) groups is 1. The van der Waals surface area contributed by atoms with Gasteiger partial charge in [0.1, 0.15) is 5.69 Å². The number of aryl methyl sites for hydroxylation is 2. The summed E-state index contributed by atoms with van der Waals surface area (Å²) in [5.41, 5.74) is 2.41. The molecule has 3 aromatic rings. The minimum atomic E-state index is -0.901. The molecule has 0 bridgehead atoms. The van der Waals surface area contributed by atoms with E-state index in [0.717, 1.165) is 22.9 Å². The number of para-hydroxylation sites is 1. The van der Waals surface area contributed by atoms with Crippen molar-refractivity contribution < 1.29 is 9.90 Å². The van der Waals surface area contributed by atoms with Gasteiger partial charge in [0.15, 0.2) is 0 Å². The van der Waals surface area contributed by atoms with E-state index in [9.17, 15) is 9.90 Å². The van der Waals surface area contributed by atoms with Gasteiger partial charge in [-0.3, -0.25) is 0 Å². The maximum Gasteiger partial charge on any atom is 0.352 e. The normalized spacial score (nSPS) is 10.9. The molecular weight excluding hydrogens is 286 g/mol. The van der Waals surface area contributed by atoms with Crippen molar-refractivity contribution in [2.24, 2.45) is 0 Å². The first-order chi connectivity index (χ1) is 10.1. The van der Waals surface area contributed by atoms with E-state index in [1.165, 1.54) is 0 Å². The lowest BCUT2D eigenvalue weighted by molar-refractivity contribution is 0.0685. The minimum Gasteiger partial charge on any atom is -0.477 e. The van der Waals surface area contributed by atoms with Crippen LogP contribution in [0, 0.1) is 0 Å². The monoisotopic (exact) mass is 299 g/mol. The van der Waals surface area contributed by atoms with Crippen LogP contribution in [0.25, 0.3) is 10.9 Å². The average molecular weight is 300 g/mol. The first-order valence-corrected chi connectivity index (χ1v) is 7.09. The average Bonchev–Trinajstić information content (AvgIpc) is 2.86. The molecule has 0 radical (unpaired) electrons. The van der Waals surface area contributed by atoms with Gasteiger partial charge in [-0.1, -0.05) is 41.9 Å². The molecule has 2 aromatic carbocycles. The van der Waals surface area contributed by atoms with Crippen molar-refractivity contribution in [3.05, 3.63) is 70.9 Å². The second kappa shape index (κ2) is 5.62. The molecule has 0 saturated heterocycles. The highest BCUT2D eigenvalue weighted by Crippen LogP contribution is 2.21. The van der Waals surface area contributed by atoms with E-state index in [-0.39, 0.29) is 0 Å². The molecule has 0 unspecified atom stereocenters. The highest BCUT2D eigenvalue weighted by molar-refractivity contribution is 6.30. The maximum absolute atomic E-state index is 11.4. The third kappa shape index (κ3) is 2.78. The number of carboxylic acid groups (broad SMARTS) is 1. The van der Waals surface area contributed by atoms with Gasteiger partial charge >= 0.3 is 5.97 Å². The lowest BCUT2D eigenvalue weighted by Gasteiger charge is -2.08. The fourth-order valence-electron chi connectivity index (χ4n) is 2.52. The van der Waals surface area contributed by atoms with Crippen molar-refractivity contribution in [2.45, 2.75) is 13.0 Å². The van der Waals surface area contributed by atoms with Crippen LogP contribution in [0.3, 0.4) is 0 Å². The number of hydrogen-bond donors (Lipinski definition) is 1. The first kappa shape index (κ1) is 13.7. The molecule has 3 rings (SSSR count). The zero-order chi connectivity index (χ0) is 14.8. The first-order valence-electron chi connectivity index (χ1n) is 6.71. The predicted octanol–water partition coefficient (Wildman–Crippen LogP) is 4.24. The summed E-state index contributed by atoms with van der Waals surface area (Å²) in [6.45, 7) is 0.622. The molecule has 0 aliphatic carbocycles. The van der Waals surface area contributed by atoms with Gasteiger partial charge in [0.25, 0.3) is 0 Å². The Morgan fingerprint density at radius 1 is 1.10 bits per heavy atom. The molecule has 3 nitrogen and oxygen atoms in total. The molecule has 0 fully saturated rings. The van der Waals surface area contributed by atoms with Gasteiger partial charge in [0, 0.05) is 22.5 Å². The van der Waals surface area contributed by atoms with Gasteiger partial charge in [0.05, 0.1) is 0 Å². The van der Waals surface area contributed by atoms with Crippen LogP contribution in [-0.2, 0) is 13.0 Å². The summed E-state index contributed by atoms with van der Waals surface area (Å²) in [6, 6.07) is 17.1. The Balaban J connectivity index is 1.93. The number of fused-ring (bicyclic) bond motifs is 1. The highest BCUT2D eigenvalue weighted by Gasteiger charge is 2.13. The van der Waals surface area contributed by atoms with Crippen molar-refractivity contribution in [1.82, 2.24) is 4.57 Å². The number of nitrogens with zero attached hydrogens (tertiary/aromatic N) is 1. The molecule has 0 saturated carbocycles. The number of halogens is 1. The van der Waals surface area contributed by atoms with Crippen LogP contribution in [0.2, 0.25) is 5.02 Å². The van der Waals surface area contributed by atoms with E-state index >= 15 is 0 Å². The lowest BCUT2D eigenvalue weighted by atomic mass is 10.1. The Morgan fingerprint density at radius 2 is 1.81 bits per heavy atom. The zero-order valence-electron chi connectivity index (χ0n) is 11.3. The second-order valence-electron chi connectivity index (χ2n) is 4.92. The molecule has 0 amide bonds. The Kier molecular flexibility index (Phi) is 3.67. The van der Waals surface area contributed by atoms with Crippen molar-refractivity contribution in [3.8, 4) is 0 Å². The summed E-state index contributed by atoms with van der Waals surface area (Å²) in [4.78, 5) is 11.4. The van der Waals surface area contributed by atoms with Gasteiger partial charge in [-0.2, -0.15) is 0 Å². The van der Waals surface area contributed by atoms with E-state index in [4.69, 9.17) is 11.6 Å². The maximum atomic E-state index is 11.4. The molecular formula is C17H14ClNO2. The van der Waals surface area contributed by atoms with Crippen molar-refractivity contribution in [1.29, 1.82) is 0 Å². The third-order valence-corrected chi connectivity index (χ3v) is 3.82. The molecule has 0 atom stereocenters. The quantitative estimate of drug-likeness (QED) is 0.783. The predicted molar refractivity (Wildman–Crippen MR) is 84.1 cm³/mol. The summed E-state index contributed by atoms with van der Waals surface area (Å²) in [6.07, 6.45) is 0.760. The fraction of sp³-hybridized carbons (Fsp3) is 0.118. The SMILES string of the molecule is O=C(O)c1cc2ccccc2n1CCc1ccc(Cl)cc1. The highest BCUT2D eigenvalue weighted by atomic mass is 35.5. The molecule has 0 spiro atoms. The number of carboxylic acids is 1. The van der Waals surface area contributed by atoms with Gasteiger partial charge in [-0.05, 0) is 36.2 Å². The van der Waals surface area contributed by atoms with Gasteiger partial charge < -0.3 is 9.67 Å². The number of aromatic carboxylic acids is 1. The standard InChI is InChI=1S/C17H14ClNO2/c18-14-7-5-12(6-8-14)9-10-19-15-4-2-1-3-13(15)11-16(19)17(20)21/h1-8,11H,9-10H2,(H,20,21). The lowest BCUT2D eigenvalue weighted by Crippen LogP contribution is -2.10. The Labute approximate surface area is 127 Å². The number of rotatable bonds is 4. The molecule has 1 N–H and O–H groups in total. The molecule has 21 heavy (non-hydrogen) atoms. The van der Waals surface area contributed by atoms with E-state index in [0.29, 0.717) is 17.3 Å². The van der Waals surface area contributed by atoms with Crippen molar-refractivity contribution >= 4 is 28.5 Å². The topological polar surface area (TPSA) is 42.2 Å². The third-order valence-electron chi connectivity index (χ3n) is 3.57. The van der Waals surface area contributed by atoms with Gasteiger partial charge in [-0.25, -0.2) is 4.79 Å². The molecule has 1 aromatic heterocycles. The molecule has 106 valence electrons. The summed E-state index contributed by atoms with van der Waals surface area (Å²) in [7, 11) is 0. The van der Waals surface area contributed by atoms with Crippen molar-refractivity contribution in [2.75, 3.05) is 0 Å². The van der Waals surface area contributed by atoms with E-state index in [2.05, 4.69) is 0 Å². The van der Waals surface area contributed by atoms with Crippen LogP contribution >= 0.6 is 11.6 Å². The summed E-state index contributed by atoms with van der Waals surface area (Å²) < 4.78 is 1.85. The van der Waals surface area contributed by atoms with Crippen LogP contribution in [0.1, 0.15) is 16.1 Å². The van der Waals surface area contributed by atoms with Gasteiger partial charge in [0.2, 0.25) is 0 Å². The van der Waals surface area contributed by atoms with E-state index in [1.54, 1.807) is 6.07 Å². The molecule has 1 heterocycles. The smallest absolute Gasteiger partial charge is 0.352 e. The summed E-state index contributed by atoms with van der Waals surface area (Å²) in [5.74, 6) is -0.901. The summed E-state index contributed by atoms with van der Waals surface area (Å²) >= 11 is 5.87. The number of aromatic nitrogens is 1. The number of benzene rings is 2. The number of hydrogen-bond acceptors (Lipinski definition) is 1. The molecule has 0 aliphatic heterocycles.